The maximum Gasteiger partial charge on any atom is 0.416 e. The van der Waals surface area contributed by atoms with E-state index in [0.717, 1.165) is 17.8 Å². The Hall–Kier alpha value is -4.46. The molecule has 11 heteroatoms. The number of alkyl halides is 3. The van der Waals surface area contributed by atoms with Crippen LogP contribution in [0, 0.1) is 11.3 Å². The van der Waals surface area contributed by atoms with E-state index in [1.165, 1.54) is 35.0 Å². The number of aromatic carboxylic acids is 1. The van der Waals surface area contributed by atoms with Crippen molar-refractivity contribution in [2.24, 2.45) is 0 Å². The predicted octanol–water partition coefficient (Wildman–Crippen LogP) is 4.39. The Kier molecular flexibility index (Phi) is 6.14. The fraction of sp³-hybridized carbons (Fsp3) is 0.174. The zero-order valence-electron chi connectivity index (χ0n) is 17.5. The number of pyridine rings is 1. The number of carbonyl (C=O) groups is 1. The van der Waals surface area contributed by atoms with Crippen LogP contribution in [-0.4, -0.2) is 37.0 Å². The van der Waals surface area contributed by atoms with Crippen molar-refractivity contribution < 1.29 is 27.8 Å². The molecule has 0 bridgehead atoms. The molecule has 0 fully saturated rings. The lowest BCUT2D eigenvalue weighted by Crippen LogP contribution is -2.07. The molecule has 0 aliphatic heterocycles. The molecule has 1 N–H and O–H groups in total. The minimum absolute atomic E-state index is 0.0557. The minimum Gasteiger partial charge on any atom is -0.476 e. The smallest absolute Gasteiger partial charge is 0.416 e. The summed E-state index contributed by atoms with van der Waals surface area (Å²) >= 11 is 0. The van der Waals surface area contributed by atoms with E-state index in [1.807, 2.05) is 6.07 Å². The van der Waals surface area contributed by atoms with Crippen molar-refractivity contribution in [1.82, 2.24) is 19.4 Å². The van der Waals surface area contributed by atoms with Crippen molar-refractivity contribution in [3.63, 3.8) is 0 Å². The molecule has 0 saturated heterocycles. The second kappa shape index (κ2) is 9.19. The summed E-state index contributed by atoms with van der Waals surface area (Å²) in [4.78, 5) is 24.0. The monoisotopic (exact) mass is 467 g/mol. The lowest BCUT2D eigenvalue weighted by Gasteiger charge is -2.11. The van der Waals surface area contributed by atoms with Crippen molar-refractivity contribution in [1.29, 1.82) is 5.26 Å². The Bertz CT molecular complexity index is 1370. The molecular formula is C23H16F3N5O3. The number of carboxylic acid groups (broad SMARTS) is 1. The molecule has 3 heterocycles. The summed E-state index contributed by atoms with van der Waals surface area (Å²) in [6.45, 7) is 0.209. The van der Waals surface area contributed by atoms with Gasteiger partial charge in [0.05, 0.1) is 23.4 Å². The van der Waals surface area contributed by atoms with E-state index in [-0.39, 0.29) is 29.7 Å². The number of benzene rings is 1. The molecule has 34 heavy (non-hydrogen) atoms. The number of ether oxygens (including phenoxy) is 1. The Morgan fingerprint density at radius 3 is 2.53 bits per heavy atom. The number of aryl methyl sites for hydroxylation is 1. The van der Waals surface area contributed by atoms with Crippen LogP contribution in [0.5, 0.6) is 6.01 Å². The van der Waals surface area contributed by atoms with E-state index in [9.17, 15) is 23.1 Å². The first-order chi connectivity index (χ1) is 16.2. The highest BCUT2D eigenvalue weighted by Gasteiger charge is 2.30. The second-order valence-corrected chi connectivity index (χ2v) is 7.26. The topological polar surface area (TPSA) is 113 Å². The number of rotatable bonds is 7. The van der Waals surface area contributed by atoms with E-state index in [0.29, 0.717) is 24.0 Å². The van der Waals surface area contributed by atoms with Crippen LogP contribution in [0.25, 0.3) is 16.9 Å². The number of nitriles is 1. The van der Waals surface area contributed by atoms with Crippen LogP contribution >= 0.6 is 0 Å². The summed E-state index contributed by atoms with van der Waals surface area (Å²) in [5.74, 6) is -1.24. The first kappa shape index (κ1) is 22.7. The molecule has 0 aliphatic carbocycles. The molecule has 0 radical (unpaired) electrons. The van der Waals surface area contributed by atoms with Crippen LogP contribution < -0.4 is 4.74 Å². The first-order valence-electron chi connectivity index (χ1n) is 10.0. The van der Waals surface area contributed by atoms with Crippen molar-refractivity contribution in [2.75, 3.05) is 6.61 Å². The maximum atomic E-state index is 12.9. The van der Waals surface area contributed by atoms with Crippen molar-refractivity contribution in [3.8, 4) is 23.3 Å². The van der Waals surface area contributed by atoms with E-state index < -0.39 is 17.7 Å². The Morgan fingerprint density at radius 2 is 1.91 bits per heavy atom. The highest BCUT2D eigenvalue weighted by atomic mass is 19.4. The fourth-order valence-electron chi connectivity index (χ4n) is 3.20. The van der Waals surface area contributed by atoms with Gasteiger partial charge in [0, 0.05) is 29.7 Å². The lowest BCUT2D eigenvalue weighted by atomic mass is 10.1. The number of carboxylic acids is 1. The predicted molar refractivity (Wildman–Crippen MR) is 113 cm³/mol. The molecule has 0 spiro atoms. The molecule has 0 saturated carbocycles. The van der Waals surface area contributed by atoms with Crippen LogP contribution in [0.3, 0.4) is 0 Å². The number of hydrogen-bond donors (Lipinski definition) is 1. The number of nitrogens with zero attached hydrogens (tertiary/aromatic N) is 5. The molecule has 4 aromatic rings. The molecule has 4 rings (SSSR count). The summed E-state index contributed by atoms with van der Waals surface area (Å²) in [7, 11) is 0. The van der Waals surface area contributed by atoms with E-state index in [2.05, 4.69) is 15.0 Å². The SMILES string of the molecule is N#Cc1ccc(CCCOc2nc(-c3ccc(C(F)(F)F)cc3)cc3nc(C(=O)O)cn23)nc1. The van der Waals surface area contributed by atoms with Crippen molar-refractivity contribution in [3.05, 3.63) is 77.4 Å². The average Bonchev–Trinajstić information content (AvgIpc) is 3.26. The van der Waals surface area contributed by atoms with Crippen LogP contribution in [0.1, 0.15) is 33.7 Å². The van der Waals surface area contributed by atoms with Crippen LogP contribution in [0.15, 0.2) is 54.9 Å². The Morgan fingerprint density at radius 1 is 1.15 bits per heavy atom. The molecule has 1 aromatic carbocycles. The van der Waals surface area contributed by atoms with Crippen LogP contribution in [-0.2, 0) is 12.6 Å². The van der Waals surface area contributed by atoms with Crippen molar-refractivity contribution in [2.45, 2.75) is 19.0 Å². The molecule has 0 atom stereocenters. The van der Waals surface area contributed by atoms with Gasteiger partial charge >= 0.3 is 18.2 Å². The van der Waals surface area contributed by atoms with E-state index in [4.69, 9.17) is 10.00 Å². The van der Waals surface area contributed by atoms with Crippen LogP contribution in [0.4, 0.5) is 13.2 Å². The third-order valence-electron chi connectivity index (χ3n) is 4.91. The fourth-order valence-corrected chi connectivity index (χ4v) is 3.20. The molecule has 3 aromatic heterocycles. The van der Waals surface area contributed by atoms with E-state index >= 15 is 0 Å². The van der Waals surface area contributed by atoms with Gasteiger partial charge in [-0.15, -0.1) is 0 Å². The van der Waals surface area contributed by atoms with Gasteiger partial charge in [-0.3, -0.25) is 9.38 Å². The van der Waals surface area contributed by atoms with Gasteiger partial charge in [-0.05, 0) is 37.1 Å². The first-order valence-corrected chi connectivity index (χ1v) is 10.0. The number of fused-ring (bicyclic) bond motifs is 1. The molecule has 172 valence electrons. The number of imidazole rings is 1. The Balaban J connectivity index is 1.57. The van der Waals surface area contributed by atoms with Gasteiger partial charge in [-0.2, -0.15) is 23.4 Å². The quantitative estimate of drug-likeness (QED) is 0.401. The molecular weight excluding hydrogens is 451 g/mol. The third-order valence-corrected chi connectivity index (χ3v) is 4.91. The maximum absolute atomic E-state index is 12.9. The number of hydrogen-bond acceptors (Lipinski definition) is 6. The number of halogens is 3. The minimum atomic E-state index is -4.46. The lowest BCUT2D eigenvalue weighted by molar-refractivity contribution is -0.137. The average molecular weight is 467 g/mol. The zero-order chi connectivity index (χ0) is 24.3. The van der Waals surface area contributed by atoms with Gasteiger partial charge in [0.2, 0.25) is 0 Å². The van der Waals surface area contributed by atoms with Gasteiger partial charge < -0.3 is 9.84 Å². The highest BCUT2D eigenvalue weighted by molar-refractivity contribution is 5.86. The van der Waals surface area contributed by atoms with Crippen molar-refractivity contribution >= 4 is 11.6 Å². The third kappa shape index (κ3) is 4.96. The second-order valence-electron chi connectivity index (χ2n) is 7.26. The molecule has 0 unspecified atom stereocenters. The standard InChI is InChI=1S/C23H16F3N5O3/c24-23(25,26)16-6-4-15(5-7-16)18-10-20-29-19(21(32)33)13-31(20)22(30-18)34-9-1-2-17-8-3-14(11-27)12-28-17/h3-8,10,12-13H,1-2,9H2,(H,32,33). The zero-order valence-corrected chi connectivity index (χ0v) is 17.5. The largest absolute Gasteiger partial charge is 0.476 e. The molecule has 8 nitrogen and oxygen atoms in total. The van der Waals surface area contributed by atoms with Gasteiger partial charge in [-0.25, -0.2) is 9.78 Å². The molecule has 0 amide bonds. The molecule has 0 aliphatic rings. The summed E-state index contributed by atoms with van der Waals surface area (Å²) < 4.78 is 45.8. The number of aromatic nitrogens is 4. The van der Waals surface area contributed by atoms with Gasteiger partial charge in [-0.1, -0.05) is 12.1 Å². The van der Waals surface area contributed by atoms with Crippen LogP contribution in [0.2, 0.25) is 0 Å². The van der Waals surface area contributed by atoms with Gasteiger partial charge in [0.1, 0.15) is 11.7 Å². The van der Waals surface area contributed by atoms with Gasteiger partial charge in [0.25, 0.3) is 0 Å². The van der Waals surface area contributed by atoms with Gasteiger partial charge in [0.15, 0.2) is 5.69 Å². The summed E-state index contributed by atoms with van der Waals surface area (Å²) in [6.07, 6.45) is -0.606. The highest BCUT2D eigenvalue weighted by Crippen LogP contribution is 2.31. The summed E-state index contributed by atoms with van der Waals surface area (Å²) in [5, 5.41) is 18.1. The normalized spacial score (nSPS) is 11.4. The Labute approximate surface area is 190 Å². The summed E-state index contributed by atoms with van der Waals surface area (Å²) in [5.41, 5.74) is 1.12. The summed E-state index contributed by atoms with van der Waals surface area (Å²) in [6, 6.07) is 11.4. The van der Waals surface area contributed by atoms with E-state index in [1.54, 1.807) is 12.1 Å².